The van der Waals surface area contributed by atoms with E-state index in [0.29, 0.717) is 23.7 Å². The molecule has 0 unspecified atom stereocenters. The molecule has 29 heavy (non-hydrogen) atoms. The van der Waals surface area contributed by atoms with Crippen LogP contribution in [-0.2, 0) is 0 Å². The highest BCUT2D eigenvalue weighted by molar-refractivity contribution is 5.46. The van der Waals surface area contributed by atoms with Gasteiger partial charge in [0.05, 0.1) is 17.4 Å². The van der Waals surface area contributed by atoms with E-state index in [2.05, 4.69) is 45.4 Å². The third-order valence-electron chi connectivity index (χ3n) is 6.10. The smallest absolute Gasteiger partial charge is 0.267 e. The van der Waals surface area contributed by atoms with E-state index in [0.717, 1.165) is 42.9 Å². The van der Waals surface area contributed by atoms with Crippen LogP contribution in [0, 0.1) is 0 Å². The SMILES string of the molecule is CC(C)c1cc(NC2CCC(n3nc(C4CC4)ccc3=O)CC2)n2ncnc2n1. The molecular weight excluding hydrogens is 366 g/mol. The lowest BCUT2D eigenvalue weighted by molar-refractivity contribution is 0.301. The van der Waals surface area contributed by atoms with E-state index < -0.39 is 0 Å². The van der Waals surface area contributed by atoms with E-state index in [4.69, 9.17) is 0 Å². The normalized spacial score (nSPS) is 22.3. The summed E-state index contributed by atoms with van der Waals surface area (Å²) >= 11 is 0. The Balaban J connectivity index is 1.31. The standard InChI is InChI=1S/C21H27N7O/c1-13(2)18-11-19(28-21(25-18)22-12-23-28)24-15-5-7-16(8-6-15)27-20(29)10-9-17(26-27)14-3-4-14/h9-16,24H,3-8H2,1-2H3. The fraction of sp³-hybridized carbons (Fsp3) is 0.571. The maximum absolute atomic E-state index is 12.4. The van der Waals surface area contributed by atoms with Gasteiger partial charge in [-0.2, -0.15) is 19.7 Å². The Hall–Kier alpha value is -2.77. The highest BCUT2D eigenvalue weighted by Gasteiger charge is 2.28. The molecule has 0 atom stereocenters. The van der Waals surface area contributed by atoms with Crippen LogP contribution < -0.4 is 10.9 Å². The molecule has 2 aliphatic carbocycles. The Bertz CT molecular complexity index is 1070. The molecule has 3 aromatic rings. The molecule has 5 rings (SSSR count). The molecule has 2 aliphatic rings. The fourth-order valence-corrected chi connectivity index (χ4v) is 4.20. The van der Waals surface area contributed by atoms with Gasteiger partial charge in [-0.05, 0) is 50.5 Å². The van der Waals surface area contributed by atoms with Crippen molar-refractivity contribution in [3.63, 3.8) is 0 Å². The first kappa shape index (κ1) is 18.3. The highest BCUT2D eigenvalue weighted by Crippen LogP contribution is 2.39. The molecule has 8 nitrogen and oxygen atoms in total. The molecule has 0 amide bonds. The lowest BCUT2D eigenvalue weighted by Gasteiger charge is -2.30. The van der Waals surface area contributed by atoms with Crippen molar-refractivity contribution in [1.29, 1.82) is 0 Å². The Morgan fingerprint density at radius 3 is 2.62 bits per heavy atom. The van der Waals surface area contributed by atoms with Gasteiger partial charge in [-0.25, -0.2) is 9.67 Å². The highest BCUT2D eigenvalue weighted by atomic mass is 16.1. The molecule has 0 bridgehead atoms. The number of nitrogens with zero attached hydrogens (tertiary/aromatic N) is 6. The van der Waals surface area contributed by atoms with Gasteiger partial charge in [-0.15, -0.1) is 0 Å². The van der Waals surface area contributed by atoms with Gasteiger partial charge in [0, 0.05) is 24.1 Å². The van der Waals surface area contributed by atoms with Crippen LogP contribution in [0.2, 0.25) is 0 Å². The third kappa shape index (κ3) is 3.63. The van der Waals surface area contributed by atoms with Crippen LogP contribution in [0.25, 0.3) is 5.78 Å². The topological polar surface area (TPSA) is 90.0 Å². The lowest BCUT2D eigenvalue weighted by Crippen LogP contribution is -2.33. The second-order valence-corrected chi connectivity index (χ2v) is 8.66. The zero-order chi connectivity index (χ0) is 20.0. The van der Waals surface area contributed by atoms with Gasteiger partial charge < -0.3 is 5.32 Å². The van der Waals surface area contributed by atoms with Crippen molar-refractivity contribution >= 4 is 11.6 Å². The molecule has 152 valence electrons. The maximum Gasteiger partial charge on any atom is 0.267 e. The molecular formula is C21H27N7O. The maximum atomic E-state index is 12.4. The minimum absolute atomic E-state index is 0.0193. The average molecular weight is 393 g/mol. The summed E-state index contributed by atoms with van der Waals surface area (Å²) < 4.78 is 3.51. The number of hydrogen-bond acceptors (Lipinski definition) is 6. The molecule has 0 radical (unpaired) electrons. The fourth-order valence-electron chi connectivity index (χ4n) is 4.20. The number of aromatic nitrogens is 6. The molecule has 1 N–H and O–H groups in total. The number of anilines is 1. The van der Waals surface area contributed by atoms with Gasteiger partial charge in [-0.3, -0.25) is 4.79 Å². The number of nitrogens with one attached hydrogen (secondary N) is 1. The van der Waals surface area contributed by atoms with Crippen LogP contribution in [0.5, 0.6) is 0 Å². The Morgan fingerprint density at radius 1 is 1.10 bits per heavy atom. The molecule has 2 saturated carbocycles. The number of hydrogen-bond donors (Lipinski definition) is 1. The summed E-state index contributed by atoms with van der Waals surface area (Å²) in [6.45, 7) is 4.26. The van der Waals surface area contributed by atoms with Crippen LogP contribution in [0.4, 0.5) is 5.82 Å². The number of rotatable bonds is 5. The Kier molecular flexibility index (Phi) is 4.56. The average Bonchev–Trinajstić information content (AvgIpc) is 3.46. The van der Waals surface area contributed by atoms with Crippen molar-refractivity contribution < 1.29 is 0 Å². The van der Waals surface area contributed by atoms with Gasteiger partial charge in [-0.1, -0.05) is 13.8 Å². The van der Waals surface area contributed by atoms with Crippen molar-refractivity contribution in [2.75, 3.05) is 5.32 Å². The van der Waals surface area contributed by atoms with Crippen molar-refractivity contribution in [1.82, 2.24) is 29.4 Å². The molecule has 0 spiro atoms. The van der Waals surface area contributed by atoms with Crippen LogP contribution >= 0.6 is 0 Å². The molecule has 0 aliphatic heterocycles. The Morgan fingerprint density at radius 2 is 1.90 bits per heavy atom. The van der Waals surface area contributed by atoms with E-state index in [1.54, 1.807) is 21.6 Å². The molecule has 3 heterocycles. The first-order valence-corrected chi connectivity index (χ1v) is 10.7. The predicted molar refractivity (Wildman–Crippen MR) is 110 cm³/mol. The second kappa shape index (κ2) is 7.24. The quantitative estimate of drug-likeness (QED) is 0.715. The minimum Gasteiger partial charge on any atom is -0.367 e. The van der Waals surface area contributed by atoms with E-state index in [-0.39, 0.29) is 11.6 Å². The van der Waals surface area contributed by atoms with Gasteiger partial charge in [0.1, 0.15) is 12.1 Å². The summed E-state index contributed by atoms with van der Waals surface area (Å²) in [4.78, 5) is 21.2. The van der Waals surface area contributed by atoms with Crippen LogP contribution in [0.1, 0.15) is 81.6 Å². The summed E-state index contributed by atoms with van der Waals surface area (Å²) in [7, 11) is 0. The van der Waals surface area contributed by atoms with Crippen molar-refractivity contribution in [3.8, 4) is 0 Å². The van der Waals surface area contributed by atoms with E-state index in [1.807, 2.05) is 6.07 Å². The largest absolute Gasteiger partial charge is 0.367 e. The van der Waals surface area contributed by atoms with Gasteiger partial charge >= 0.3 is 0 Å². The van der Waals surface area contributed by atoms with E-state index >= 15 is 0 Å². The minimum atomic E-state index is 0.0193. The van der Waals surface area contributed by atoms with Crippen LogP contribution in [0.15, 0.2) is 29.3 Å². The zero-order valence-electron chi connectivity index (χ0n) is 17.0. The first-order chi connectivity index (χ1) is 14.1. The second-order valence-electron chi connectivity index (χ2n) is 8.66. The third-order valence-corrected chi connectivity index (χ3v) is 6.10. The summed E-state index contributed by atoms with van der Waals surface area (Å²) in [6, 6.07) is 6.20. The molecule has 0 saturated heterocycles. The van der Waals surface area contributed by atoms with Gasteiger partial charge in [0.25, 0.3) is 11.3 Å². The van der Waals surface area contributed by atoms with Crippen LogP contribution in [-0.4, -0.2) is 35.4 Å². The summed E-state index contributed by atoms with van der Waals surface area (Å²) in [5.41, 5.74) is 2.11. The van der Waals surface area contributed by atoms with Crippen molar-refractivity contribution in [2.45, 2.75) is 76.3 Å². The molecule has 8 heteroatoms. The van der Waals surface area contributed by atoms with Crippen LogP contribution in [0.3, 0.4) is 0 Å². The lowest BCUT2D eigenvalue weighted by atomic mass is 9.91. The monoisotopic (exact) mass is 393 g/mol. The van der Waals surface area contributed by atoms with E-state index in [9.17, 15) is 4.79 Å². The number of fused-ring (bicyclic) bond motifs is 1. The van der Waals surface area contributed by atoms with Gasteiger partial charge in [0.2, 0.25) is 0 Å². The van der Waals surface area contributed by atoms with Crippen molar-refractivity contribution in [3.05, 3.63) is 46.3 Å². The molecule has 0 aromatic carbocycles. The summed E-state index contributed by atoms with van der Waals surface area (Å²) in [5, 5.41) is 12.6. The van der Waals surface area contributed by atoms with E-state index in [1.165, 1.54) is 12.8 Å². The first-order valence-electron chi connectivity index (χ1n) is 10.7. The molecule has 3 aromatic heterocycles. The summed E-state index contributed by atoms with van der Waals surface area (Å²) in [5.74, 6) is 2.45. The zero-order valence-corrected chi connectivity index (χ0v) is 17.0. The van der Waals surface area contributed by atoms with Crippen molar-refractivity contribution in [2.24, 2.45) is 0 Å². The molecule has 2 fully saturated rings. The summed E-state index contributed by atoms with van der Waals surface area (Å²) in [6.07, 6.45) is 7.80. The Labute approximate surface area is 169 Å². The predicted octanol–water partition coefficient (Wildman–Crippen LogP) is 3.28. The van der Waals surface area contributed by atoms with Gasteiger partial charge in [0.15, 0.2) is 0 Å².